The molecule has 0 atom stereocenters. The van der Waals surface area contributed by atoms with Gasteiger partial charge >= 0.3 is 0 Å². The van der Waals surface area contributed by atoms with Crippen molar-refractivity contribution in [2.24, 2.45) is 0 Å². The van der Waals surface area contributed by atoms with Crippen molar-refractivity contribution in [1.82, 2.24) is 19.9 Å². The lowest BCUT2D eigenvalue weighted by Gasteiger charge is -2.03. The first kappa shape index (κ1) is 10.3. The first-order valence-electron chi connectivity index (χ1n) is 4.86. The monoisotopic (exact) mass is 217 g/mol. The van der Waals surface area contributed by atoms with Gasteiger partial charge in [0.25, 0.3) is 0 Å². The lowest BCUT2D eigenvalue weighted by Crippen LogP contribution is -2.12. The van der Waals surface area contributed by atoms with Crippen molar-refractivity contribution in [3.8, 4) is 0 Å². The summed E-state index contributed by atoms with van der Waals surface area (Å²) in [4.78, 5) is 26.3. The Balaban J connectivity index is 2.17. The fourth-order valence-electron chi connectivity index (χ4n) is 1.29. The molecule has 2 heterocycles. The second-order valence-corrected chi connectivity index (χ2v) is 3.20. The molecule has 16 heavy (non-hydrogen) atoms. The zero-order valence-electron chi connectivity index (χ0n) is 8.60. The number of nitrogens with one attached hydrogen (secondary N) is 2. The average molecular weight is 217 g/mol. The summed E-state index contributed by atoms with van der Waals surface area (Å²) in [7, 11) is 0. The number of anilines is 1. The molecule has 0 aliphatic heterocycles. The number of allylic oxidation sites excluding steroid dienone is 1. The molecule has 0 aliphatic rings. The van der Waals surface area contributed by atoms with Gasteiger partial charge in [-0.25, -0.2) is 15.0 Å². The molecular formula is C10H11N5O. The average Bonchev–Trinajstić information content (AvgIpc) is 2.75. The molecule has 0 unspecified atom stereocenters. The summed E-state index contributed by atoms with van der Waals surface area (Å²) in [5, 5.41) is 2.70. The van der Waals surface area contributed by atoms with Crippen molar-refractivity contribution >= 4 is 22.9 Å². The van der Waals surface area contributed by atoms with Crippen molar-refractivity contribution in [2.45, 2.75) is 12.8 Å². The highest BCUT2D eigenvalue weighted by molar-refractivity contribution is 5.96. The number of fused-ring (bicyclic) bond motifs is 1. The molecule has 6 nitrogen and oxygen atoms in total. The first-order valence-corrected chi connectivity index (χ1v) is 4.86. The predicted molar refractivity (Wildman–Crippen MR) is 59.7 cm³/mol. The fraction of sp³-hybridized carbons (Fsp3) is 0.200. The molecule has 2 aromatic rings. The molecule has 0 spiro atoms. The van der Waals surface area contributed by atoms with Gasteiger partial charge in [-0.2, -0.15) is 0 Å². The zero-order valence-corrected chi connectivity index (χ0v) is 8.60. The van der Waals surface area contributed by atoms with Gasteiger partial charge in [0, 0.05) is 6.42 Å². The van der Waals surface area contributed by atoms with Crippen LogP contribution in [0.25, 0.3) is 11.2 Å². The van der Waals surface area contributed by atoms with Crippen molar-refractivity contribution in [1.29, 1.82) is 0 Å². The summed E-state index contributed by atoms with van der Waals surface area (Å²) < 4.78 is 0. The highest BCUT2D eigenvalue weighted by Crippen LogP contribution is 2.14. The van der Waals surface area contributed by atoms with Gasteiger partial charge in [0.1, 0.15) is 11.8 Å². The van der Waals surface area contributed by atoms with Gasteiger partial charge in [-0.1, -0.05) is 6.08 Å². The molecule has 2 N–H and O–H groups in total. The lowest BCUT2D eigenvalue weighted by atomic mass is 10.3. The van der Waals surface area contributed by atoms with Crippen molar-refractivity contribution < 1.29 is 4.79 Å². The minimum absolute atomic E-state index is 0.102. The van der Waals surface area contributed by atoms with E-state index in [1.807, 2.05) is 0 Å². The number of H-pyrrole nitrogens is 1. The van der Waals surface area contributed by atoms with E-state index in [1.165, 1.54) is 12.7 Å². The second kappa shape index (κ2) is 4.52. The Morgan fingerprint density at radius 3 is 3.19 bits per heavy atom. The van der Waals surface area contributed by atoms with Crippen LogP contribution >= 0.6 is 0 Å². The van der Waals surface area contributed by atoms with Crippen LogP contribution in [0.4, 0.5) is 5.82 Å². The smallest absolute Gasteiger partial charge is 0.225 e. The SMILES string of the molecule is C=CCCC(=O)Nc1ncnc2nc[nH]c12. The van der Waals surface area contributed by atoms with Gasteiger partial charge in [0.2, 0.25) is 5.91 Å². The van der Waals surface area contributed by atoms with Crippen LogP contribution in [0.2, 0.25) is 0 Å². The number of carbonyl (C=O) groups excluding carboxylic acids is 1. The summed E-state index contributed by atoms with van der Waals surface area (Å²) >= 11 is 0. The van der Waals surface area contributed by atoms with Gasteiger partial charge in [0.05, 0.1) is 6.33 Å². The highest BCUT2D eigenvalue weighted by atomic mass is 16.1. The van der Waals surface area contributed by atoms with Gasteiger partial charge in [-0.3, -0.25) is 4.79 Å². The van der Waals surface area contributed by atoms with Crippen LogP contribution in [0, 0.1) is 0 Å². The summed E-state index contributed by atoms with van der Waals surface area (Å²) in [5.74, 6) is 0.353. The largest absolute Gasteiger partial charge is 0.340 e. The van der Waals surface area contributed by atoms with E-state index < -0.39 is 0 Å². The Morgan fingerprint density at radius 2 is 2.38 bits per heavy atom. The number of aromatic amines is 1. The minimum Gasteiger partial charge on any atom is -0.340 e. The highest BCUT2D eigenvalue weighted by Gasteiger charge is 2.08. The van der Waals surface area contributed by atoms with Gasteiger partial charge in [-0.05, 0) is 6.42 Å². The Morgan fingerprint density at radius 1 is 1.50 bits per heavy atom. The number of hydrogen-bond acceptors (Lipinski definition) is 4. The van der Waals surface area contributed by atoms with Crippen LogP contribution in [0.15, 0.2) is 25.3 Å². The normalized spacial score (nSPS) is 10.2. The number of amides is 1. The van der Waals surface area contributed by atoms with Crippen LogP contribution < -0.4 is 5.32 Å². The van der Waals surface area contributed by atoms with E-state index in [0.29, 0.717) is 29.8 Å². The van der Waals surface area contributed by atoms with Gasteiger partial charge in [-0.15, -0.1) is 6.58 Å². The third-order valence-corrected chi connectivity index (χ3v) is 2.06. The Bertz CT molecular complexity index is 519. The summed E-state index contributed by atoms with van der Waals surface area (Å²) in [6, 6.07) is 0. The maximum atomic E-state index is 11.5. The van der Waals surface area contributed by atoms with Gasteiger partial charge in [0.15, 0.2) is 11.5 Å². The molecule has 0 aliphatic carbocycles. The lowest BCUT2D eigenvalue weighted by molar-refractivity contribution is -0.116. The molecule has 82 valence electrons. The molecule has 0 bridgehead atoms. The zero-order chi connectivity index (χ0) is 11.4. The predicted octanol–water partition coefficient (Wildman–Crippen LogP) is 1.26. The van der Waals surface area contributed by atoms with Crippen LogP contribution in [-0.4, -0.2) is 25.8 Å². The van der Waals surface area contributed by atoms with E-state index in [9.17, 15) is 4.79 Å². The van der Waals surface area contributed by atoms with Gasteiger partial charge < -0.3 is 10.3 Å². The Kier molecular flexibility index (Phi) is 2.90. The maximum Gasteiger partial charge on any atom is 0.225 e. The molecule has 2 rings (SSSR count). The minimum atomic E-state index is -0.102. The van der Waals surface area contributed by atoms with E-state index in [2.05, 4.69) is 31.8 Å². The van der Waals surface area contributed by atoms with E-state index in [4.69, 9.17) is 0 Å². The molecule has 0 aromatic carbocycles. The molecule has 0 saturated heterocycles. The van der Waals surface area contributed by atoms with E-state index in [0.717, 1.165) is 0 Å². The summed E-state index contributed by atoms with van der Waals surface area (Å²) in [6.45, 7) is 3.56. The van der Waals surface area contributed by atoms with Crippen LogP contribution in [0.3, 0.4) is 0 Å². The standard InChI is InChI=1S/C10H11N5O/c1-2-3-4-7(16)15-10-8-9(12-5-11-8)13-6-14-10/h2,5-6H,1,3-4H2,(H2,11,12,13,14,15,16). The number of hydrogen-bond donors (Lipinski definition) is 2. The molecule has 0 fully saturated rings. The molecule has 1 amide bonds. The quantitative estimate of drug-likeness (QED) is 0.755. The second-order valence-electron chi connectivity index (χ2n) is 3.20. The molecule has 2 aromatic heterocycles. The number of imidazole rings is 1. The van der Waals surface area contributed by atoms with Crippen molar-refractivity contribution in [2.75, 3.05) is 5.32 Å². The van der Waals surface area contributed by atoms with E-state index in [1.54, 1.807) is 6.08 Å². The number of carbonyl (C=O) groups is 1. The molecule has 0 saturated carbocycles. The molecular weight excluding hydrogens is 206 g/mol. The van der Waals surface area contributed by atoms with Crippen molar-refractivity contribution in [3.05, 3.63) is 25.3 Å². The van der Waals surface area contributed by atoms with Crippen molar-refractivity contribution in [3.63, 3.8) is 0 Å². The van der Waals surface area contributed by atoms with Crippen LogP contribution in [0.1, 0.15) is 12.8 Å². The third-order valence-electron chi connectivity index (χ3n) is 2.06. The number of nitrogens with zero attached hydrogens (tertiary/aromatic N) is 3. The number of aromatic nitrogens is 4. The fourth-order valence-corrected chi connectivity index (χ4v) is 1.29. The van der Waals surface area contributed by atoms with E-state index in [-0.39, 0.29) is 5.91 Å². The Hall–Kier alpha value is -2.24. The maximum absolute atomic E-state index is 11.5. The number of rotatable bonds is 4. The van der Waals surface area contributed by atoms with Crippen LogP contribution in [0.5, 0.6) is 0 Å². The van der Waals surface area contributed by atoms with E-state index >= 15 is 0 Å². The Labute approximate surface area is 91.8 Å². The molecule has 6 heteroatoms. The van der Waals surface area contributed by atoms with Crippen LogP contribution in [-0.2, 0) is 4.79 Å². The molecule has 0 radical (unpaired) electrons. The topological polar surface area (TPSA) is 83.6 Å². The first-order chi connectivity index (χ1) is 7.81. The summed E-state index contributed by atoms with van der Waals surface area (Å²) in [6.07, 6.45) is 5.61. The third kappa shape index (κ3) is 2.05. The summed E-state index contributed by atoms with van der Waals surface area (Å²) in [5.41, 5.74) is 1.17.